The van der Waals surface area contributed by atoms with Crippen LogP contribution >= 0.6 is 15.9 Å². The molecule has 1 aromatic carbocycles. The zero-order valence-electron chi connectivity index (χ0n) is 11.3. The van der Waals surface area contributed by atoms with Crippen molar-refractivity contribution in [2.24, 2.45) is 0 Å². The van der Waals surface area contributed by atoms with Gasteiger partial charge >= 0.3 is 0 Å². The molecule has 110 valence electrons. The van der Waals surface area contributed by atoms with Gasteiger partial charge in [0.05, 0.1) is 17.3 Å². The summed E-state index contributed by atoms with van der Waals surface area (Å²) in [6.45, 7) is 2.41. The molecule has 0 amide bonds. The summed E-state index contributed by atoms with van der Waals surface area (Å²) in [5.74, 6) is 0.501. The Morgan fingerprint density at radius 1 is 1.29 bits per heavy atom. The Labute approximate surface area is 130 Å². The van der Waals surface area contributed by atoms with Crippen LogP contribution in [0.1, 0.15) is 22.8 Å². The number of aldehydes is 1. The van der Waals surface area contributed by atoms with Gasteiger partial charge in [0.15, 0.2) is 11.5 Å². The Bertz CT molecular complexity index is 649. The Balaban J connectivity index is 2.24. The topological polar surface area (TPSA) is 48.4 Å². The molecule has 4 nitrogen and oxygen atoms in total. The maximum atomic E-state index is 13.1. The lowest BCUT2D eigenvalue weighted by Gasteiger charge is -2.14. The smallest absolute Gasteiger partial charge is 0.175 e. The summed E-state index contributed by atoms with van der Waals surface area (Å²) in [6.07, 6.45) is 3.38. The van der Waals surface area contributed by atoms with E-state index in [1.165, 1.54) is 12.3 Å². The van der Waals surface area contributed by atoms with E-state index < -0.39 is 5.82 Å². The van der Waals surface area contributed by atoms with Crippen molar-refractivity contribution in [2.75, 3.05) is 6.61 Å². The third kappa shape index (κ3) is 4.01. The van der Waals surface area contributed by atoms with Crippen molar-refractivity contribution in [1.29, 1.82) is 0 Å². The number of pyridine rings is 1. The first-order chi connectivity index (χ1) is 10.1. The van der Waals surface area contributed by atoms with Crippen LogP contribution in [0.3, 0.4) is 0 Å². The summed E-state index contributed by atoms with van der Waals surface area (Å²) in [5, 5.41) is 0. The molecule has 0 saturated carbocycles. The fraction of sp³-hybridized carbons (Fsp3) is 0.200. The average Bonchev–Trinajstić information content (AvgIpc) is 2.46. The molecule has 0 unspecified atom stereocenters. The average molecular weight is 354 g/mol. The maximum absolute atomic E-state index is 13.1. The van der Waals surface area contributed by atoms with Gasteiger partial charge in [-0.1, -0.05) is 0 Å². The molecular weight excluding hydrogens is 341 g/mol. The fourth-order valence-electron chi connectivity index (χ4n) is 1.75. The van der Waals surface area contributed by atoms with E-state index in [1.807, 2.05) is 6.92 Å². The summed E-state index contributed by atoms with van der Waals surface area (Å²) < 4.78 is 24.8. The van der Waals surface area contributed by atoms with Crippen LogP contribution in [0.2, 0.25) is 0 Å². The summed E-state index contributed by atoms with van der Waals surface area (Å²) in [6, 6.07) is 4.58. The van der Waals surface area contributed by atoms with Gasteiger partial charge in [0.1, 0.15) is 18.7 Å². The second-order valence-corrected chi connectivity index (χ2v) is 5.04. The third-order valence-corrected chi connectivity index (χ3v) is 3.20. The Morgan fingerprint density at radius 3 is 2.76 bits per heavy atom. The van der Waals surface area contributed by atoms with E-state index in [0.717, 1.165) is 12.5 Å². The van der Waals surface area contributed by atoms with E-state index in [9.17, 15) is 9.18 Å². The first-order valence-electron chi connectivity index (χ1n) is 6.27. The highest BCUT2D eigenvalue weighted by molar-refractivity contribution is 9.10. The molecule has 0 spiro atoms. The summed E-state index contributed by atoms with van der Waals surface area (Å²) in [7, 11) is 0. The van der Waals surface area contributed by atoms with E-state index in [2.05, 4.69) is 20.9 Å². The monoisotopic (exact) mass is 353 g/mol. The highest BCUT2D eigenvalue weighted by Crippen LogP contribution is 2.37. The maximum Gasteiger partial charge on any atom is 0.175 e. The minimum absolute atomic E-state index is 0.143. The van der Waals surface area contributed by atoms with E-state index in [1.54, 1.807) is 12.1 Å². The molecule has 0 atom stereocenters. The number of carbonyl (C=O) groups excluding carboxylic acids is 1. The van der Waals surface area contributed by atoms with Crippen LogP contribution in [0, 0.1) is 5.82 Å². The molecule has 2 rings (SSSR count). The second kappa shape index (κ2) is 7.17. The first-order valence-corrected chi connectivity index (χ1v) is 7.07. The molecule has 0 aliphatic heterocycles. The minimum atomic E-state index is -0.420. The predicted octanol–water partition coefficient (Wildman–Crippen LogP) is 3.77. The van der Waals surface area contributed by atoms with Crippen molar-refractivity contribution in [3.8, 4) is 11.5 Å². The van der Waals surface area contributed by atoms with Crippen molar-refractivity contribution in [3.05, 3.63) is 52.0 Å². The molecule has 1 heterocycles. The minimum Gasteiger partial charge on any atom is -0.490 e. The molecule has 6 heteroatoms. The summed E-state index contributed by atoms with van der Waals surface area (Å²) in [4.78, 5) is 14.6. The molecule has 1 aromatic heterocycles. The Morgan fingerprint density at radius 2 is 2.10 bits per heavy atom. The molecule has 21 heavy (non-hydrogen) atoms. The van der Waals surface area contributed by atoms with E-state index >= 15 is 0 Å². The molecule has 0 fully saturated rings. The van der Waals surface area contributed by atoms with Crippen LogP contribution in [-0.4, -0.2) is 17.9 Å². The second-order valence-electron chi connectivity index (χ2n) is 4.18. The van der Waals surface area contributed by atoms with E-state index in [-0.39, 0.29) is 6.61 Å². The molecule has 2 aromatic rings. The highest BCUT2D eigenvalue weighted by atomic mass is 79.9. The van der Waals surface area contributed by atoms with Gasteiger partial charge in [-0.15, -0.1) is 0 Å². The predicted molar refractivity (Wildman–Crippen MR) is 79.2 cm³/mol. The number of benzene rings is 1. The van der Waals surface area contributed by atoms with Gasteiger partial charge in [-0.05, 0) is 41.1 Å². The van der Waals surface area contributed by atoms with Crippen LogP contribution in [0.4, 0.5) is 4.39 Å². The normalized spacial score (nSPS) is 10.2. The van der Waals surface area contributed by atoms with Crippen molar-refractivity contribution in [1.82, 2.24) is 4.98 Å². The fourth-order valence-corrected chi connectivity index (χ4v) is 2.32. The van der Waals surface area contributed by atoms with Crippen LogP contribution in [0.5, 0.6) is 11.5 Å². The lowest BCUT2D eigenvalue weighted by molar-refractivity contribution is 0.112. The number of rotatable bonds is 6. The van der Waals surface area contributed by atoms with Crippen molar-refractivity contribution in [3.63, 3.8) is 0 Å². The standard InChI is InChI=1S/C15H13BrFNO3/c1-2-20-14-5-10(8-19)4-13(16)15(14)21-9-11-3-12(17)7-18-6-11/h3-8H,2,9H2,1H3. The lowest BCUT2D eigenvalue weighted by Crippen LogP contribution is -2.02. The van der Waals surface area contributed by atoms with Crippen LogP contribution in [0.15, 0.2) is 35.1 Å². The largest absolute Gasteiger partial charge is 0.490 e. The molecule has 0 radical (unpaired) electrons. The summed E-state index contributed by atoms with van der Waals surface area (Å²) >= 11 is 3.34. The lowest BCUT2D eigenvalue weighted by atomic mass is 10.2. The molecule has 0 N–H and O–H groups in total. The van der Waals surface area contributed by atoms with Gasteiger partial charge in [0, 0.05) is 17.3 Å². The van der Waals surface area contributed by atoms with Crippen LogP contribution < -0.4 is 9.47 Å². The number of hydrogen-bond donors (Lipinski definition) is 0. The van der Waals surface area contributed by atoms with Gasteiger partial charge in [-0.2, -0.15) is 0 Å². The number of halogens is 2. The summed E-state index contributed by atoms with van der Waals surface area (Å²) in [5.41, 5.74) is 1.08. The van der Waals surface area contributed by atoms with Crippen molar-refractivity contribution in [2.45, 2.75) is 13.5 Å². The molecular formula is C15H13BrFNO3. The quantitative estimate of drug-likeness (QED) is 0.741. The van der Waals surface area contributed by atoms with Gasteiger partial charge in [0.25, 0.3) is 0 Å². The van der Waals surface area contributed by atoms with Gasteiger partial charge in [-0.25, -0.2) is 4.39 Å². The first kappa shape index (κ1) is 15.4. The number of hydrogen-bond acceptors (Lipinski definition) is 4. The molecule has 0 aliphatic rings. The number of carbonyl (C=O) groups is 1. The molecule has 0 saturated heterocycles. The number of aromatic nitrogens is 1. The number of nitrogens with zero attached hydrogens (tertiary/aromatic N) is 1. The Kier molecular flexibility index (Phi) is 5.27. The third-order valence-electron chi connectivity index (χ3n) is 2.61. The van der Waals surface area contributed by atoms with Crippen LogP contribution in [-0.2, 0) is 6.61 Å². The van der Waals surface area contributed by atoms with Crippen LogP contribution in [0.25, 0.3) is 0 Å². The number of ether oxygens (including phenoxy) is 2. The van der Waals surface area contributed by atoms with E-state index in [4.69, 9.17) is 9.47 Å². The zero-order valence-corrected chi connectivity index (χ0v) is 12.9. The van der Waals surface area contributed by atoms with Gasteiger partial charge < -0.3 is 9.47 Å². The van der Waals surface area contributed by atoms with Crippen molar-refractivity contribution >= 4 is 22.2 Å². The SMILES string of the molecule is CCOc1cc(C=O)cc(Br)c1OCc1cncc(F)c1. The molecule has 0 bridgehead atoms. The van der Waals surface area contributed by atoms with Crippen molar-refractivity contribution < 1.29 is 18.7 Å². The van der Waals surface area contributed by atoms with Gasteiger partial charge in [-0.3, -0.25) is 9.78 Å². The Hall–Kier alpha value is -1.95. The highest BCUT2D eigenvalue weighted by Gasteiger charge is 2.12. The zero-order chi connectivity index (χ0) is 15.2. The van der Waals surface area contributed by atoms with E-state index in [0.29, 0.717) is 33.7 Å². The molecule has 0 aliphatic carbocycles. The van der Waals surface area contributed by atoms with Gasteiger partial charge in [0.2, 0.25) is 0 Å².